The van der Waals surface area contributed by atoms with Gasteiger partial charge in [0.2, 0.25) is 5.95 Å². The van der Waals surface area contributed by atoms with Gasteiger partial charge in [-0.05, 0) is 29.6 Å². The summed E-state index contributed by atoms with van der Waals surface area (Å²) < 4.78 is 7.75. The number of nitrogens with two attached hydrogens (primary N) is 1. The van der Waals surface area contributed by atoms with Gasteiger partial charge in [-0.15, -0.1) is 11.3 Å². The minimum Gasteiger partial charge on any atom is -0.491 e. The molecule has 3 aromatic heterocycles. The maximum Gasteiger partial charge on any atom is 0.221 e. The summed E-state index contributed by atoms with van der Waals surface area (Å²) in [7, 11) is 0. The summed E-state index contributed by atoms with van der Waals surface area (Å²) in [5.74, 6) is 0.726. The van der Waals surface area contributed by atoms with Gasteiger partial charge < -0.3 is 10.5 Å². The molecule has 4 aromatic rings. The van der Waals surface area contributed by atoms with Gasteiger partial charge in [0.1, 0.15) is 17.2 Å². The smallest absolute Gasteiger partial charge is 0.221 e. The number of nitrogen functional groups attached to an aromatic ring is 1. The van der Waals surface area contributed by atoms with Gasteiger partial charge in [0.05, 0.1) is 22.8 Å². The standard InChI is InChI=1S/C17H13Cl2N5OS/c18-10-8-12(19)14(13(9-10)25-6-5-24-4-1-3-21-24)15-11-2-7-26-16(11)23-17(20)22-15/h1-4,7-9H,5-6H2,(H2,20,22,23). The zero-order chi connectivity index (χ0) is 18.1. The van der Waals surface area contributed by atoms with Gasteiger partial charge in [0.15, 0.2) is 0 Å². The molecule has 0 amide bonds. The van der Waals surface area contributed by atoms with E-state index in [1.54, 1.807) is 23.0 Å². The van der Waals surface area contributed by atoms with Crippen LogP contribution in [0.15, 0.2) is 42.0 Å². The molecule has 0 aliphatic heterocycles. The molecule has 132 valence electrons. The Labute approximate surface area is 163 Å². The number of fused-ring (bicyclic) bond motifs is 1. The monoisotopic (exact) mass is 405 g/mol. The second-order valence-corrected chi connectivity index (χ2v) is 7.19. The molecule has 0 saturated heterocycles. The van der Waals surface area contributed by atoms with Crippen LogP contribution in [-0.4, -0.2) is 26.4 Å². The van der Waals surface area contributed by atoms with Crippen molar-refractivity contribution in [1.82, 2.24) is 19.7 Å². The van der Waals surface area contributed by atoms with Crippen molar-refractivity contribution in [2.45, 2.75) is 6.54 Å². The molecule has 26 heavy (non-hydrogen) atoms. The summed E-state index contributed by atoms with van der Waals surface area (Å²) in [5, 5.41) is 7.88. The zero-order valence-electron chi connectivity index (χ0n) is 13.4. The van der Waals surface area contributed by atoms with Crippen LogP contribution in [0, 0.1) is 0 Å². The van der Waals surface area contributed by atoms with E-state index in [1.165, 1.54) is 11.3 Å². The number of hydrogen-bond donors (Lipinski definition) is 1. The molecular weight excluding hydrogens is 393 g/mol. The van der Waals surface area contributed by atoms with E-state index in [0.29, 0.717) is 40.2 Å². The van der Waals surface area contributed by atoms with Crippen LogP contribution in [0.25, 0.3) is 21.5 Å². The maximum atomic E-state index is 6.49. The number of anilines is 1. The lowest BCUT2D eigenvalue weighted by atomic mass is 10.1. The van der Waals surface area contributed by atoms with Gasteiger partial charge in [0, 0.05) is 22.8 Å². The molecule has 0 bridgehead atoms. The third-order valence-corrected chi connectivity index (χ3v) is 5.06. The van der Waals surface area contributed by atoms with E-state index >= 15 is 0 Å². The highest BCUT2D eigenvalue weighted by Crippen LogP contribution is 2.41. The summed E-state index contributed by atoms with van der Waals surface area (Å²) in [6.45, 7) is 0.995. The SMILES string of the molecule is Nc1nc(-c2c(Cl)cc(Cl)cc2OCCn2cccn2)c2ccsc2n1. The first-order chi connectivity index (χ1) is 12.6. The highest BCUT2D eigenvalue weighted by molar-refractivity contribution is 7.16. The van der Waals surface area contributed by atoms with Crippen molar-refractivity contribution in [2.75, 3.05) is 12.3 Å². The molecule has 0 fully saturated rings. The topological polar surface area (TPSA) is 78.9 Å². The Kier molecular flexibility index (Phi) is 4.67. The number of benzene rings is 1. The van der Waals surface area contributed by atoms with Gasteiger partial charge in [-0.3, -0.25) is 4.68 Å². The Morgan fingerprint density at radius 3 is 2.92 bits per heavy atom. The van der Waals surface area contributed by atoms with Crippen molar-refractivity contribution < 1.29 is 4.74 Å². The number of aromatic nitrogens is 4. The fraction of sp³-hybridized carbons (Fsp3) is 0.118. The molecule has 0 spiro atoms. The van der Waals surface area contributed by atoms with E-state index in [9.17, 15) is 0 Å². The predicted molar refractivity (Wildman–Crippen MR) is 105 cm³/mol. The van der Waals surface area contributed by atoms with E-state index in [4.69, 9.17) is 33.7 Å². The number of rotatable bonds is 5. The molecule has 2 N–H and O–H groups in total. The molecule has 0 aliphatic rings. The second kappa shape index (κ2) is 7.11. The number of thiophene rings is 1. The van der Waals surface area contributed by atoms with Crippen LogP contribution in [0.1, 0.15) is 0 Å². The van der Waals surface area contributed by atoms with E-state index in [-0.39, 0.29) is 5.95 Å². The Morgan fingerprint density at radius 1 is 1.23 bits per heavy atom. The molecular formula is C17H13Cl2N5OS. The Hall–Kier alpha value is -2.35. The van der Waals surface area contributed by atoms with E-state index in [2.05, 4.69) is 15.1 Å². The fourth-order valence-electron chi connectivity index (χ4n) is 2.64. The van der Waals surface area contributed by atoms with Crippen molar-refractivity contribution in [1.29, 1.82) is 0 Å². The van der Waals surface area contributed by atoms with Crippen LogP contribution < -0.4 is 10.5 Å². The first kappa shape index (κ1) is 17.1. The first-order valence-corrected chi connectivity index (χ1v) is 9.36. The maximum absolute atomic E-state index is 6.49. The van der Waals surface area contributed by atoms with Gasteiger partial charge >= 0.3 is 0 Å². The zero-order valence-corrected chi connectivity index (χ0v) is 15.7. The molecule has 6 nitrogen and oxygen atoms in total. The quantitative estimate of drug-likeness (QED) is 0.527. The van der Waals surface area contributed by atoms with Crippen molar-refractivity contribution >= 4 is 50.7 Å². The van der Waals surface area contributed by atoms with Crippen molar-refractivity contribution in [3.8, 4) is 17.0 Å². The molecule has 0 aliphatic carbocycles. The molecule has 1 aromatic carbocycles. The Morgan fingerprint density at radius 2 is 2.12 bits per heavy atom. The van der Waals surface area contributed by atoms with Gasteiger partial charge in [-0.2, -0.15) is 5.10 Å². The highest BCUT2D eigenvalue weighted by Gasteiger charge is 2.19. The van der Waals surface area contributed by atoms with Crippen LogP contribution in [0.5, 0.6) is 5.75 Å². The normalized spacial score (nSPS) is 11.2. The number of halogens is 2. The molecule has 4 rings (SSSR count). The van der Waals surface area contributed by atoms with E-state index in [1.807, 2.05) is 23.7 Å². The third-order valence-electron chi connectivity index (χ3n) is 3.74. The van der Waals surface area contributed by atoms with Crippen molar-refractivity contribution in [3.63, 3.8) is 0 Å². The first-order valence-electron chi connectivity index (χ1n) is 7.72. The summed E-state index contributed by atoms with van der Waals surface area (Å²) in [5.41, 5.74) is 7.15. The lowest BCUT2D eigenvalue weighted by Gasteiger charge is -2.14. The summed E-state index contributed by atoms with van der Waals surface area (Å²) in [6, 6.07) is 7.18. The van der Waals surface area contributed by atoms with Gasteiger partial charge in [-0.25, -0.2) is 9.97 Å². The third kappa shape index (κ3) is 3.33. The molecule has 0 atom stereocenters. The predicted octanol–water partition coefficient (Wildman–Crippen LogP) is 4.52. The number of nitrogens with zero attached hydrogens (tertiary/aromatic N) is 4. The average Bonchev–Trinajstić information content (AvgIpc) is 3.25. The molecule has 3 heterocycles. The number of ether oxygens (including phenoxy) is 1. The molecule has 0 unspecified atom stereocenters. The molecule has 0 saturated carbocycles. The van der Waals surface area contributed by atoms with Crippen LogP contribution in [0.4, 0.5) is 5.95 Å². The largest absolute Gasteiger partial charge is 0.491 e. The Bertz CT molecular complexity index is 1060. The molecule has 9 heteroatoms. The van der Waals surface area contributed by atoms with Crippen LogP contribution >= 0.6 is 34.5 Å². The minimum absolute atomic E-state index is 0.184. The van der Waals surface area contributed by atoms with Gasteiger partial charge in [-0.1, -0.05) is 23.2 Å². The Balaban J connectivity index is 1.76. The summed E-state index contributed by atoms with van der Waals surface area (Å²) in [4.78, 5) is 9.45. The van der Waals surface area contributed by atoms with Crippen LogP contribution in [0.3, 0.4) is 0 Å². The van der Waals surface area contributed by atoms with Crippen molar-refractivity contribution in [2.24, 2.45) is 0 Å². The lowest BCUT2D eigenvalue weighted by Crippen LogP contribution is -2.09. The van der Waals surface area contributed by atoms with Gasteiger partial charge in [0.25, 0.3) is 0 Å². The second-order valence-electron chi connectivity index (χ2n) is 5.45. The molecule has 0 radical (unpaired) electrons. The number of hydrogen-bond acceptors (Lipinski definition) is 6. The van der Waals surface area contributed by atoms with Crippen LogP contribution in [-0.2, 0) is 6.54 Å². The van der Waals surface area contributed by atoms with Crippen molar-refractivity contribution in [3.05, 3.63) is 52.1 Å². The van der Waals surface area contributed by atoms with E-state index < -0.39 is 0 Å². The average molecular weight is 406 g/mol. The highest BCUT2D eigenvalue weighted by atomic mass is 35.5. The van der Waals surface area contributed by atoms with Crippen LogP contribution in [0.2, 0.25) is 10.0 Å². The minimum atomic E-state index is 0.184. The lowest BCUT2D eigenvalue weighted by molar-refractivity contribution is 0.292. The summed E-state index contributed by atoms with van der Waals surface area (Å²) >= 11 is 14.2. The van der Waals surface area contributed by atoms with E-state index in [0.717, 1.165) is 10.2 Å². The fourth-order valence-corrected chi connectivity index (χ4v) is 3.97. The summed E-state index contributed by atoms with van der Waals surface area (Å²) in [6.07, 6.45) is 3.59.